The van der Waals surface area contributed by atoms with Crippen LogP contribution in [0.4, 0.5) is 0 Å². The molecular formula is C26H35N3O2. The van der Waals surface area contributed by atoms with Gasteiger partial charge in [-0.3, -0.25) is 9.59 Å². The molecule has 5 heteroatoms. The Balaban J connectivity index is 1.49. The molecule has 1 aliphatic rings. The van der Waals surface area contributed by atoms with Crippen molar-refractivity contribution >= 4 is 11.8 Å². The zero-order valence-electron chi connectivity index (χ0n) is 18.3. The topological polar surface area (TPSA) is 84.2 Å². The number of amides is 2. The molecule has 31 heavy (non-hydrogen) atoms. The smallest absolute Gasteiger partial charge is 0.234 e. The monoisotopic (exact) mass is 421 g/mol. The molecule has 4 N–H and O–H groups in total. The summed E-state index contributed by atoms with van der Waals surface area (Å²) in [6.07, 6.45) is 6.68. The van der Waals surface area contributed by atoms with Gasteiger partial charge in [0, 0.05) is 6.04 Å². The zero-order chi connectivity index (χ0) is 21.9. The lowest BCUT2D eigenvalue weighted by atomic mass is 9.84. The SMILES string of the molecule is NC(=O)C1CCCCC1NC(=O)CNCC(CCc1ccccc1)Cc1ccccc1. The minimum absolute atomic E-state index is 0.0559. The normalized spacial score (nSPS) is 19.5. The summed E-state index contributed by atoms with van der Waals surface area (Å²) in [5, 5.41) is 6.38. The zero-order valence-corrected chi connectivity index (χ0v) is 18.3. The predicted octanol–water partition coefficient (Wildman–Crippen LogP) is 3.23. The molecule has 0 aliphatic heterocycles. The Morgan fingerprint density at radius 3 is 2.26 bits per heavy atom. The van der Waals surface area contributed by atoms with Crippen molar-refractivity contribution in [1.82, 2.24) is 10.6 Å². The maximum absolute atomic E-state index is 12.5. The van der Waals surface area contributed by atoms with Crippen LogP contribution in [0.1, 0.15) is 43.2 Å². The fraction of sp³-hybridized carbons (Fsp3) is 0.462. The largest absolute Gasteiger partial charge is 0.369 e. The van der Waals surface area contributed by atoms with Crippen LogP contribution in [0.5, 0.6) is 0 Å². The molecule has 0 spiro atoms. The van der Waals surface area contributed by atoms with E-state index in [1.54, 1.807) is 0 Å². The second kappa shape index (κ2) is 12.3. The highest BCUT2D eigenvalue weighted by atomic mass is 16.2. The number of nitrogens with two attached hydrogens (primary N) is 1. The maximum Gasteiger partial charge on any atom is 0.234 e. The summed E-state index contributed by atoms with van der Waals surface area (Å²) in [7, 11) is 0. The first-order chi connectivity index (χ1) is 15.1. The number of hydrogen-bond acceptors (Lipinski definition) is 3. The average molecular weight is 422 g/mol. The third kappa shape index (κ3) is 7.83. The Morgan fingerprint density at radius 2 is 1.58 bits per heavy atom. The fourth-order valence-electron chi connectivity index (χ4n) is 4.53. The standard InChI is InChI=1S/C26H35N3O2/c27-26(31)23-13-7-8-14-24(23)29-25(30)19-28-18-22(17-21-11-5-2-6-12-21)16-15-20-9-3-1-4-10-20/h1-6,9-12,22-24,28H,7-8,13-19H2,(H2,27,31)(H,29,30). The molecule has 0 aromatic heterocycles. The first kappa shape index (κ1) is 23.0. The van der Waals surface area contributed by atoms with Crippen LogP contribution in [0.25, 0.3) is 0 Å². The van der Waals surface area contributed by atoms with Crippen LogP contribution in [0, 0.1) is 11.8 Å². The molecule has 3 rings (SSSR count). The average Bonchev–Trinajstić information content (AvgIpc) is 2.79. The molecule has 0 bridgehead atoms. The molecule has 0 radical (unpaired) electrons. The Labute approximate surface area is 185 Å². The first-order valence-corrected chi connectivity index (χ1v) is 11.5. The first-order valence-electron chi connectivity index (χ1n) is 11.5. The summed E-state index contributed by atoms with van der Waals surface area (Å²) in [6.45, 7) is 1.04. The van der Waals surface area contributed by atoms with Crippen molar-refractivity contribution in [3.05, 3.63) is 71.8 Å². The van der Waals surface area contributed by atoms with Gasteiger partial charge in [0.15, 0.2) is 0 Å². The number of aryl methyl sites for hydroxylation is 1. The minimum atomic E-state index is -0.304. The molecule has 1 fully saturated rings. The van der Waals surface area contributed by atoms with E-state index < -0.39 is 0 Å². The third-order valence-corrected chi connectivity index (χ3v) is 6.25. The van der Waals surface area contributed by atoms with E-state index in [-0.39, 0.29) is 30.3 Å². The van der Waals surface area contributed by atoms with Crippen molar-refractivity contribution in [2.75, 3.05) is 13.1 Å². The number of hydrogen-bond donors (Lipinski definition) is 3. The summed E-state index contributed by atoms with van der Waals surface area (Å²) in [5.41, 5.74) is 8.18. The lowest BCUT2D eigenvalue weighted by Gasteiger charge is -2.30. The number of nitrogens with one attached hydrogen (secondary N) is 2. The van der Waals surface area contributed by atoms with Crippen molar-refractivity contribution in [3.8, 4) is 0 Å². The van der Waals surface area contributed by atoms with Gasteiger partial charge in [0.05, 0.1) is 12.5 Å². The van der Waals surface area contributed by atoms with Crippen LogP contribution < -0.4 is 16.4 Å². The third-order valence-electron chi connectivity index (χ3n) is 6.25. The van der Waals surface area contributed by atoms with E-state index in [4.69, 9.17) is 5.73 Å². The lowest BCUT2D eigenvalue weighted by Crippen LogP contribution is -2.49. The van der Waals surface area contributed by atoms with Crippen LogP contribution >= 0.6 is 0 Å². The van der Waals surface area contributed by atoms with E-state index in [1.807, 2.05) is 12.1 Å². The molecular weight excluding hydrogens is 386 g/mol. The van der Waals surface area contributed by atoms with Crippen molar-refractivity contribution < 1.29 is 9.59 Å². The molecule has 2 aromatic rings. The highest BCUT2D eigenvalue weighted by Gasteiger charge is 2.30. The van der Waals surface area contributed by atoms with E-state index in [9.17, 15) is 9.59 Å². The Hall–Kier alpha value is -2.66. The summed E-state index contributed by atoms with van der Waals surface area (Å²) in [4.78, 5) is 24.1. The van der Waals surface area contributed by atoms with Gasteiger partial charge in [-0.2, -0.15) is 0 Å². The molecule has 2 aromatic carbocycles. The number of carbonyl (C=O) groups is 2. The predicted molar refractivity (Wildman–Crippen MR) is 124 cm³/mol. The molecule has 1 aliphatic carbocycles. The second-order valence-corrected chi connectivity index (χ2v) is 8.68. The van der Waals surface area contributed by atoms with Gasteiger partial charge < -0.3 is 16.4 Å². The van der Waals surface area contributed by atoms with E-state index in [0.717, 1.165) is 51.5 Å². The van der Waals surface area contributed by atoms with Crippen molar-refractivity contribution in [1.29, 1.82) is 0 Å². The molecule has 0 heterocycles. The fourth-order valence-corrected chi connectivity index (χ4v) is 4.53. The van der Waals surface area contributed by atoms with E-state index in [0.29, 0.717) is 5.92 Å². The van der Waals surface area contributed by atoms with Gasteiger partial charge >= 0.3 is 0 Å². The summed E-state index contributed by atoms with van der Waals surface area (Å²) >= 11 is 0. The highest BCUT2D eigenvalue weighted by Crippen LogP contribution is 2.24. The van der Waals surface area contributed by atoms with Crippen molar-refractivity contribution in [2.24, 2.45) is 17.6 Å². The lowest BCUT2D eigenvalue weighted by molar-refractivity contribution is -0.125. The molecule has 2 amide bonds. The number of rotatable bonds is 11. The molecule has 5 nitrogen and oxygen atoms in total. The van der Waals surface area contributed by atoms with Crippen LogP contribution in [0.3, 0.4) is 0 Å². The Bertz CT molecular complexity index is 810. The minimum Gasteiger partial charge on any atom is -0.369 e. The van der Waals surface area contributed by atoms with Crippen LogP contribution in [-0.4, -0.2) is 30.9 Å². The van der Waals surface area contributed by atoms with Crippen LogP contribution in [-0.2, 0) is 22.4 Å². The van der Waals surface area contributed by atoms with E-state index >= 15 is 0 Å². The molecule has 0 saturated heterocycles. The van der Waals surface area contributed by atoms with Crippen molar-refractivity contribution in [2.45, 2.75) is 51.0 Å². The maximum atomic E-state index is 12.5. The van der Waals surface area contributed by atoms with Crippen LogP contribution in [0.15, 0.2) is 60.7 Å². The van der Waals surface area contributed by atoms with Gasteiger partial charge in [-0.05, 0) is 55.7 Å². The van der Waals surface area contributed by atoms with Gasteiger partial charge in [-0.1, -0.05) is 73.5 Å². The highest BCUT2D eigenvalue weighted by molar-refractivity contribution is 5.81. The van der Waals surface area contributed by atoms with Gasteiger partial charge in [0.1, 0.15) is 0 Å². The number of carbonyl (C=O) groups excluding carboxylic acids is 2. The summed E-state index contributed by atoms with van der Waals surface area (Å²) in [5.74, 6) is -0.167. The van der Waals surface area contributed by atoms with Gasteiger partial charge in [0.25, 0.3) is 0 Å². The quantitative estimate of drug-likeness (QED) is 0.521. The van der Waals surface area contributed by atoms with Gasteiger partial charge in [-0.15, -0.1) is 0 Å². The molecule has 3 atom stereocenters. The summed E-state index contributed by atoms with van der Waals surface area (Å²) in [6, 6.07) is 20.9. The van der Waals surface area contributed by atoms with Gasteiger partial charge in [0.2, 0.25) is 11.8 Å². The van der Waals surface area contributed by atoms with E-state index in [2.05, 4.69) is 59.2 Å². The van der Waals surface area contributed by atoms with Crippen LogP contribution in [0.2, 0.25) is 0 Å². The number of benzene rings is 2. The molecule has 166 valence electrons. The summed E-state index contributed by atoms with van der Waals surface area (Å²) < 4.78 is 0. The molecule has 1 saturated carbocycles. The Kier molecular flexibility index (Phi) is 9.10. The number of primary amides is 1. The Morgan fingerprint density at radius 1 is 0.935 bits per heavy atom. The second-order valence-electron chi connectivity index (χ2n) is 8.68. The molecule has 3 unspecified atom stereocenters. The van der Waals surface area contributed by atoms with Gasteiger partial charge in [-0.25, -0.2) is 0 Å². The van der Waals surface area contributed by atoms with E-state index in [1.165, 1.54) is 11.1 Å². The van der Waals surface area contributed by atoms with Crippen molar-refractivity contribution in [3.63, 3.8) is 0 Å².